The summed E-state index contributed by atoms with van der Waals surface area (Å²) in [6.07, 6.45) is 4.93. The Balaban J connectivity index is 1.71. The lowest BCUT2D eigenvalue weighted by Crippen LogP contribution is -2.57. The van der Waals surface area contributed by atoms with Gasteiger partial charge in [0.2, 0.25) is 5.91 Å². The number of rotatable bonds is 1. The van der Waals surface area contributed by atoms with E-state index in [2.05, 4.69) is 5.32 Å². The number of fused-ring (bicyclic) bond motifs is 2. The van der Waals surface area contributed by atoms with Crippen molar-refractivity contribution in [2.45, 2.75) is 50.4 Å². The smallest absolute Gasteiger partial charge is 0.242 e. The normalized spacial score (nSPS) is 42.7. The first-order valence-corrected chi connectivity index (χ1v) is 6.37. The summed E-state index contributed by atoms with van der Waals surface area (Å²) in [5.74, 6) is 0.283. The van der Waals surface area contributed by atoms with Crippen molar-refractivity contribution in [2.75, 3.05) is 19.6 Å². The Morgan fingerprint density at radius 2 is 2.06 bits per heavy atom. The molecule has 0 saturated carbocycles. The summed E-state index contributed by atoms with van der Waals surface area (Å²) in [5, 5.41) is 3.35. The van der Waals surface area contributed by atoms with Gasteiger partial charge in [-0.25, -0.2) is 0 Å². The summed E-state index contributed by atoms with van der Waals surface area (Å²) < 4.78 is 5.76. The van der Waals surface area contributed by atoms with Crippen LogP contribution in [0.5, 0.6) is 0 Å². The topological polar surface area (TPSA) is 41.6 Å². The molecule has 3 atom stereocenters. The number of likely N-dealkylation sites (tertiary alicyclic amines) is 1. The fourth-order valence-electron chi connectivity index (χ4n) is 3.21. The third-order valence-corrected chi connectivity index (χ3v) is 4.17. The van der Waals surface area contributed by atoms with Gasteiger partial charge in [-0.05, 0) is 39.2 Å². The molecule has 0 aromatic carbocycles. The minimum atomic E-state index is -0.309. The predicted molar refractivity (Wildman–Crippen MR) is 60.1 cm³/mol. The van der Waals surface area contributed by atoms with E-state index in [1.165, 1.54) is 0 Å². The Hall–Kier alpha value is -0.610. The van der Waals surface area contributed by atoms with E-state index in [9.17, 15) is 4.79 Å². The molecule has 4 nitrogen and oxygen atoms in total. The molecule has 4 heteroatoms. The van der Waals surface area contributed by atoms with Gasteiger partial charge in [-0.15, -0.1) is 0 Å². The first-order valence-electron chi connectivity index (χ1n) is 6.37. The summed E-state index contributed by atoms with van der Waals surface area (Å²) in [6.45, 7) is 4.61. The van der Waals surface area contributed by atoms with E-state index < -0.39 is 0 Å². The van der Waals surface area contributed by atoms with Crippen LogP contribution in [0, 0.1) is 0 Å². The van der Waals surface area contributed by atoms with Crippen LogP contribution in [-0.2, 0) is 9.53 Å². The monoisotopic (exact) mass is 224 g/mol. The van der Waals surface area contributed by atoms with Crippen molar-refractivity contribution in [1.29, 1.82) is 0 Å². The van der Waals surface area contributed by atoms with Crippen molar-refractivity contribution in [3.05, 3.63) is 0 Å². The van der Waals surface area contributed by atoms with Gasteiger partial charge >= 0.3 is 0 Å². The molecule has 3 fully saturated rings. The molecule has 0 aliphatic carbocycles. The fourth-order valence-corrected chi connectivity index (χ4v) is 3.21. The molecule has 16 heavy (non-hydrogen) atoms. The minimum Gasteiger partial charge on any atom is -0.371 e. The minimum absolute atomic E-state index is 0.283. The zero-order chi connectivity index (χ0) is 11.2. The van der Waals surface area contributed by atoms with Crippen LogP contribution in [0.25, 0.3) is 0 Å². The molecule has 90 valence electrons. The Kier molecular flexibility index (Phi) is 2.44. The molecular weight excluding hydrogens is 204 g/mol. The average molecular weight is 224 g/mol. The van der Waals surface area contributed by atoms with Crippen LogP contribution >= 0.6 is 0 Å². The molecule has 3 heterocycles. The Morgan fingerprint density at radius 1 is 1.38 bits per heavy atom. The van der Waals surface area contributed by atoms with Crippen molar-refractivity contribution in [3.63, 3.8) is 0 Å². The molecule has 3 rings (SSSR count). The molecule has 3 aliphatic heterocycles. The van der Waals surface area contributed by atoms with E-state index in [1.807, 2.05) is 11.8 Å². The average Bonchev–Trinajstić information content (AvgIpc) is 2.85. The summed E-state index contributed by atoms with van der Waals surface area (Å²) in [7, 11) is 0. The quantitative estimate of drug-likeness (QED) is 0.706. The number of nitrogens with one attached hydrogen (secondary N) is 1. The van der Waals surface area contributed by atoms with Crippen molar-refractivity contribution >= 4 is 5.91 Å². The molecule has 0 radical (unpaired) electrons. The molecular formula is C12H20N2O2. The van der Waals surface area contributed by atoms with Crippen LogP contribution in [0.1, 0.15) is 32.6 Å². The van der Waals surface area contributed by atoms with Crippen LogP contribution in [-0.4, -0.2) is 48.2 Å². The number of amides is 1. The van der Waals surface area contributed by atoms with E-state index in [0.717, 1.165) is 45.3 Å². The molecule has 0 spiro atoms. The second-order valence-corrected chi connectivity index (χ2v) is 5.53. The van der Waals surface area contributed by atoms with Crippen molar-refractivity contribution in [1.82, 2.24) is 10.2 Å². The van der Waals surface area contributed by atoms with E-state index in [-0.39, 0.29) is 11.4 Å². The number of morpholine rings is 1. The number of hydrogen-bond donors (Lipinski definition) is 1. The maximum Gasteiger partial charge on any atom is 0.242 e. The van der Waals surface area contributed by atoms with Crippen LogP contribution in [0.3, 0.4) is 0 Å². The van der Waals surface area contributed by atoms with Gasteiger partial charge in [0.1, 0.15) is 0 Å². The van der Waals surface area contributed by atoms with Gasteiger partial charge in [0.25, 0.3) is 0 Å². The van der Waals surface area contributed by atoms with E-state index in [0.29, 0.717) is 12.2 Å². The van der Waals surface area contributed by atoms with Crippen LogP contribution in [0.2, 0.25) is 0 Å². The van der Waals surface area contributed by atoms with E-state index in [4.69, 9.17) is 4.74 Å². The maximum absolute atomic E-state index is 12.4. The van der Waals surface area contributed by atoms with Gasteiger partial charge in [-0.1, -0.05) is 0 Å². The number of nitrogens with zero attached hydrogens (tertiary/aromatic N) is 1. The third-order valence-electron chi connectivity index (χ3n) is 4.17. The zero-order valence-electron chi connectivity index (χ0n) is 9.87. The molecule has 0 aromatic heterocycles. The SMILES string of the molecule is CC1(C(=O)N2CC3CCC(C2)O3)CCCN1. The summed E-state index contributed by atoms with van der Waals surface area (Å²) >= 11 is 0. The van der Waals surface area contributed by atoms with Gasteiger partial charge in [0, 0.05) is 13.1 Å². The number of hydrogen-bond acceptors (Lipinski definition) is 3. The molecule has 3 aliphatic rings. The molecule has 1 N–H and O–H groups in total. The Bertz CT molecular complexity index is 287. The first-order chi connectivity index (χ1) is 7.67. The highest BCUT2D eigenvalue weighted by Crippen LogP contribution is 2.29. The zero-order valence-corrected chi connectivity index (χ0v) is 9.87. The van der Waals surface area contributed by atoms with Crippen LogP contribution in [0.15, 0.2) is 0 Å². The largest absolute Gasteiger partial charge is 0.371 e. The number of ether oxygens (including phenoxy) is 1. The summed E-state index contributed by atoms with van der Waals surface area (Å²) in [5.41, 5.74) is -0.309. The van der Waals surface area contributed by atoms with Crippen molar-refractivity contribution in [2.24, 2.45) is 0 Å². The van der Waals surface area contributed by atoms with E-state index in [1.54, 1.807) is 0 Å². The van der Waals surface area contributed by atoms with Crippen molar-refractivity contribution < 1.29 is 9.53 Å². The third kappa shape index (κ3) is 1.64. The molecule has 3 saturated heterocycles. The van der Waals surface area contributed by atoms with Gasteiger partial charge < -0.3 is 15.0 Å². The second kappa shape index (κ2) is 3.70. The first kappa shape index (κ1) is 10.5. The van der Waals surface area contributed by atoms with Gasteiger partial charge in [-0.3, -0.25) is 4.79 Å². The molecule has 0 aromatic rings. The highest BCUT2D eigenvalue weighted by atomic mass is 16.5. The molecule has 1 amide bonds. The molecule has 2 bridgehead atoms. The Labute approximate surface area is 96.3 Å². The molecule has 3 unspecified atom stereocenters. The predicted octanol–water partition coefficient (Wildman–Crippen LogP) is 0.518. The van der Waals surface area contributed by atoms with Gasteiger partial charge in [0.05, 0.1) is 17.7 Å². The van der Waals surface area contributed by atoms with Gasteiger partial charge in [-0.2, -0.15) is 0 Å². The van der Waals surface area contributed by atoms with E-state index >= 15 is 0 Å². The second-order valence-electron chi connectivity index (χ2n) is 5.53. The lowest BCUT2D eigenvalue weighted by molar-refractivity contribution is -0.145. The summed E-state index contributed by atoms with van der Waals surface area (Å²) in [6, 6.07) is 0. The number of carbonyl (C=O) groups is 1. The number of carbonyl (C=O) groups excluding carboxylic acids is 1. The highest BCUT2D eigenvalue weighted by molar-refractivity contribution is 5.86. The summed E-state index contributed by atoms with van der Waals surface area (Å²) in [4.78, 5) is 14.5. The van der Waals surface area contributed by atoms with Crippen LogP contribution < -0.4 is 5.32 Å². The lowest BCUT2D eigenvalue weighted by atomic mass is 9.98. The lowest BCUT2D eigenvalue weighted by Gasteiger charge is -2.37. The van der Waals surface area contributed by atoms with Gasteiger partial charge in [0.15, 0.2) is 0 Å². The standard InChI is InChI=1S/C12H20N2O2/c1-12(5-2-6-13-12)11(15)14-7-9-3-4-10(8-14)16-9/h9-10,13H,2-8H2,1H3. The highest BCUT2D eigenvalue weighted by Gasteiger charge is 2.43. The fraction of sp³-hybridized carbons (Fsp3) is 0.917. The van der Waals surface area contributed by atoms with Crippen LogP contribution in [0.4, 0.5) is 0 Å². The Morgan fingerprint density at radius 3 is 2.62 bits per heavy atom. The maximum atomic E-state index is 12.4. The van der Waals surface area contributed by atoms with Crippen molar-refractivity contribution in [3.8, 4) is 0 Å².